The number of aryl methyl sites for hydroxylation is 2. The van der Waals surface area contributed by atoms with E-state index in [4.69, 9.17) is 23.2 Å². The molecule has 136 valence electrons. The second kappa shape index (κ2) is 7.29. The Balaban J connectivity index is 1.69. The van der Waals surface area contributed by atoms with E-state index < -0.39 is 5.41 Å². The van der Waals surface area contributed by atoms with Crippen molar-refractivity contribution in [2.75, 3.05) is 5.32 Å². The molecule has 1 aliphatic rings. The van der Waals surface area contributed by atoms with Gasteiger partial charge in [0.05, 0.1) is 10.7 Å². The number of hydrogen-bond acceptors (Lipinski definition) is 2. The SMILES string of the molecule is Cc1cc(C)c(NC(=O)C2(C(=O)NCc3ccccc3Cl)CC2)c(Cl)c1. The van der Waals surface area contributed by atoms with Crippen LogP contribution in [0.25, 0.3) is 0 Å². The minimum Gasteiger partial charge on any atom is -0.351 e. The number of amides is 2. The zero-order valence-electron chi connectivity index (χ0n) is 14.7. The second-order valence-corrected chi connectivity index (χ2v) is 7.56. The molecule has 0 spiro atoms. The van der Waals surface area contributed by atoms with Crippen LogP contribution in [0.2, 0.25) is 10.0 Å². The zero-order valence-corrected chi connectivity index (χ0v) is 16.2. The van der Waals surface area contributed by atoms with E-state index >= 15 is 0 Å². The third-order valence-electron chi connectivity index (χ3n) is 4.69. The Hall–Kier alpha value is -2.04. The van der Waals surface area contributed by atoms with Gasteiger partial charge < -0.3 is 10.6 Å². The van der Waals surface area contributed by atoms with Crippen molar-refractivity contribution in [3.05, 3.63) is 63.1 Å². The first-order chi connectivity index (χ1) is 12.3. The normalized spacial score (nSPS) is 14.6. The van der Waals surface area contributed by atoms with E-state index in [1.807, 2.05) is 38.1 Å². The highest BCUT2D eigenvalue weighted by Crippen LogP contribution is 2.47. The summed E-state index contributed by atoms with van der Waals surface area (Å²) < 4.78 is 0. The summed E-state index contributed by atoms with van der Waals surface area (Å²) in [6.07, 6.45) is 1.05. The maximum Gasteiger partial charge on any atom is 0.240 e. The second-order valence-electron chi connectivity index (χ2n) is 6.75. The highest BCUT2D eigenvalue weighted by atomic mass is 35.5. The molecule has 1 aliphatic carbocycles. The van der Waals surface area contributed by atoms with Crippen molar-refractivity contribution < 1.29 is 9.59 Å². The number of hydrogen-bond donors (Lipinski definition) is 2. The summed E-state index contributed by atoms with van der Waals surface area (Å²) in [5.41, 5.74) is 2.24. The molecular formula is C20H20Cl2N2O2. The molecule has 2 aromatic rings. The quantitative estimate of drug-likeness (QED) is 0.730. The summed E-state index contributed by atoms with van der Waals surface area (Å²) in [6, 6.07) is 11.0. The number of nitrogens with one attached hydrogen (secondary N) is 2. The number of anilines is 1. The van der Waals surface area contributed by atoms with Gasteiger partial charge in [0, 0.05) is 11.6 Å². The van der Waals surface area contributed by atoms with E-state index in [2.05, 4.69) is 10.6 Å². The van der Waals surface area contributed by atoms with Gasteiger partial charge in [-0.25, -0.2) is 0 Å². The summed E-state index contributed by atoms with van der Waals surface area (Å²) >= 11 is 12.4. The zero-order chi connectivity index (χ0) is 18.9. The third kappa shape index (κ3) is 3.71. The fraction of sp³-hybridized carbons (Fsp3) is 0.300. The highest BCUT2D eigenvalue weighted by Gasteiger charge is 2.56. The van der Waals surface area contributed by atoms with Crippen LogP contribution in [0, 0.1) is 19.3 Å². The van der Waals surface area contributed by atoms with E-state index in [-0.39, 0.29) is 18.4 Å². The van der Waals surface area contributed by atoms with Gasteiger partial charge in [-0.3, -0.25) is 9.59 Å². The van der Waals surface area contributed by atoms with Crippen molar-refractivity contribution in [3.63, 3.8) is 0 Å². The summed E-state index contributed by atoms with van der Waals surface area (Å²) in [4.78, 5) is 25.4. The van der Waals surface area contributed by atoms with Gasteiger partial charge in [0.2, 0.25) is 11.8 Å². The Bertz CT molecular complexity index is 853. The van der Waals surface area contributed by atoms with Crippen LogP contribution in [0.3, 0.4) is 0 Å². The third-order valence-corrected chi connectivity index (χ3v) is 5.35. The average Bonchev–Trinajstić information content (AvgIpc) is 3.39. The smallest absolute Gasteiger partial charge is 0.240 e. The lowest BCUT2D eigenvalue weighted by Gasteiger charge is -2.18. The Morgan fingerprint density at radius 2 is 1.73 bits per heavy atom. The molecule has 1 fully saturated rings. The number of rotatable bonds is 5. The number of carbonyl (C=O) groups is 2. The van der Waals surface area contributed by atoms with Gasteiger partial charge in [-0.1, -0.05) is 47.5 Å². The van der Waals surface area contributed by atoms with Gasteiger partial charge in [0.1, 0.15) is 5.41 Å². The average molecular weight is 391 g/mol. The Morgan fingerprint density at radius 3 is 2.35 bits per heavy atom. The molecule has 2 aromatic carbocycles. The van der Waals surface area contributed by atoms with Crippen molar-refractivity contribution in [1.82, 2.24) is 5.32 Å². The molecule has 0 aliphatic heterocycles. The molecule has 2 N–H and O–H groups in total. The van der Waals surface area contributed by atoms with Crippen LogP contribution >= 0.6 is 23.2 Å². The topological polar surface area (TPSA) is 58.2 Å². The molecule has 0 bridgehead atoms. The van der Waals surface area contributed by atoms with Crippen molar-refractivity contribution in [3.8, 4) is 0 Å². The minimum atomic E-state index is -1.03. The first kappa shape index (κ1) is 18.7. The molecule has 2 amide bonds. The monoisotopic (exact) mass is 390 g/mol. The van der Waals surface area contributed by atoms with Gasteiger partial charge in [-0.2, -0.15) is 0 Å². The van der Waals surface area contributed by atoms with Crippen molar-refractivity contribution >= 4 is 40.7 Å². The molecule has 0 heterocycles. The summed E-state index contributed by atoms with van der Waals surface area (Å²) in [5, 5.41) is 6.73. The van der Waals surface area contributed by atoms with Crippen LogP contribution in [0.15, 0.2) is 36.4 Å². The van der Waals surface area contributed by atoms with Crippen molar-refractivity contribution in [2.24, 2.45) is 5.41 Å². The van der Waals surface area contributed by atoms with Gasteiger partial charge >= 0.3 is 0 Å². The standard InChI is InChI=1S/C20H20Cl2N2O2/c1-12-9-13(2)17(16(22)10-12)24-19(26)20(7-8-20)18(25)23-11-14-5-3-4-6-15(14)21/h3-6,9-10H,7-8,11H2,1-2H3,(H,23,25)(H,24,26). The fourth-order valence-electron chi connectivity index (χ4n) is 2.98. The van der Waals surface area contributed by atoms with Crippen LogP contribution in [-0.4, -0.2) is 11.8 Å². The predicted octanol–water partition coefficient (Wildman–Crippen LogP) is 4.65. The molecule has 0 saturated heterocycles. The molecule has 0 unspecified atom stereocenters. The molecule has 0 atom stereocenters. The Labute approximate surface area is 162 Å². The van der Waals surface area contributed by atoms with Crippen molar-refractivity contribution in [1.29, 1.82) is 0 Å². The lowest BCUT2D eigenvalue weighted by molar-refractivity contribution is -0.134. The lowest BCUT2D eigenvalue weighted by atomic mass is 10.0. The molecule has 0 radical (unpaired) electrons. The molecular weight excluding hydrogens is 371 g/mol. The predicted molar refractivity (Wildman–Crippen MR) is 105 cm³/mol. The van der Waals surface area contributed by atoms with Crippen LogP contribution in [0.5, 0.6) is 0 Å². The van der Waals surface area contributed by atoms with Gasteiger partial charge in [-0.05, 0) is 55.5 Å². The van der Waals surface area contributed by atoms with Crippen LogP contribution < -0.4 is 10.6 Å². The van der Waals surface area contributed by atoms with Gasteiger partial charge in [0.15, 0.2) is 0 Å². The minimum absolute atomic E-state index is 0.282. The van der Waals surface area contributed by atoms with Crippen LogP contribution in [0.1, 0.15) is 29.5 Å². The van der Waals surface area contributed by atoms with Gasteiger partial charge in [0.25, 0.3) is 0 Å². The fourth-order valence-corrected chi connectivity index (χ4v) is 3.55. The molecule has 0 aromatic heterocycles. The highest BCUT2D eigenvalue weighted by molar-refractivity contribution is 6.34. The molecule has 1 saturated carbocycles. The number of carbonyl (C=O) groups excluding carboxylic acids is 2. The lowest BCUT2D eigenvalue weighted by Crippen LogP contribution is -2.39. The van der Waals surface area contributed by atoms with Gasteiger partial charge in [-0.15, -0.1) is 0 Å². The first-order valence-electron chi connectivity index (χ1n) is 8.43. The van der Waals surface area contributed by atoms with Crippen LogP contribution in [0.4, 0.5) is 5.69 Å². The van der Waals surface area contributed by atoms with Crippen LogP contribution in [-0.2, 0) is 16.1 Å². The number of benzene rings is 2. The van der Waals surface area contributed by atoms with E-state index in [9.17, 15) is 9.59 Å². The molecule has 6 heteroatoms. The maximum absolute atomic E-state index is 12.7. The summed E-state index contributed by atoms with van der Waals surface area (Å²) in [6.45, 7) is 4.11. The molecule has 4 nitrogen and oxygen atoms in total. The Kier molecular flexibility index (Phi) is 5.26. The van der Waals surface area contributed by atoms with E-state index in [1.165, 1.54) is 0 Å². The largest absolute Gasteiger partial charge is 0.351 e. The Morgan fingerprint density at radius 1 is 1.04 bits per heavy atom. The first-order valence-corrected chi connectivity index (χ1v) is 9.19. The maximum atomic E-state index is 12.7. The summed E-state index contributed by atoms with van der Waals surface area (Å²) in [5.74, 6) is -0.598. The van der Waals surface area contributed by atoms with E-state index in [0.717, 1.165) is 16.7 Å². The van der Waals surface area contributed by atoms with E-state index in [0.29, 0.717) is 28.6 Å². The number of halogens is 2. The van der Waals surface area contributed by atoms with E-state index in [1.54, 1.807) is 12.1 Å². The summed E-state index contributed by atoms with van der Waals surface area (Å²) in [7, 11) is 0. The molecule has 26 heavy (non-hydrogen) atoms. The molecule has 3 rings (SSSR count). The van der Waals surface area contributed by atoms with Crippen molar-refractivity contribution in [2.45, 2.75) is 33.2 Å².